The standard InChI is InChI=1S/C14H20N2S/c1-14(2,11-15)7-8-16(12-5-6-12)10-13-4-3-9-17-13/h3-4,9,12H,5-8,10H2,1-2H3. The number of nitriles is 1. The third-order valence-corrected chi connectivity index (χ3v) is 4.19. The molecule has 2 rings (SSSR count). The van der Waals surface area contributed by atoms with Crippen LogP contribution in [0.4, 0.5) is 0 Å². The molecule has 0 saturated heterocycles. The first-order chi connectivity index (χ1) is 8.11. The van der Waals surface area contributed by atoms with Crippen LogP contribution in [0.25, 0.3) is 0 Å². The summed E-state index contributed by atoms with van der Waals surface area (Å²) in [6.45, 7) is 6.17. The molecule has 3 heteroatoms. The minimum Gasteiger partial charge on any atom is -0.295 e. The van der Waals surface area contributed by atoms with E-state index in [2.05, 4.69) is 28.5 Å². The van der Waals surface area contributed by atoms with Crippen LogP contribution in [-0.4, -0.2) is 17.5 Å². The minimum atomic E-state index is -0.192. The van der Waals surface area contributed by atoms with E-state index >= 15 is 0 Å². The highest BCUT2D eigenvalue weighted by Crippen LogP contribution is 2.31. The fraction of sp³-hybridized carbons (Fsp3) is 0.643. The van der Waals surface area contributed by atoms with Gasteiger partial charge in [0.15, 0.2) is 0 Å². The van der Waals surface area contributed by atoms with Crippen LogP contribution < -0.4 is 0 Å². The van der Waals surface area contributed by atoms with Crippen molar-refractivity contribution in [3.63, 3.8) is 0 Å². The molecular weight excluding hydrogens is 228 g/mol. The van der Waals surface area contributed by atoms with Crippen molar-refractivity contribution < 1.29 is 0 Å². The summed E-state index contributed by atoms with van der Waals surface area (Å²) in [5.41, 5.74) is -0.192. The Hall–Kier alpha value is -0.850. The molecule has 2 nitrogen and oxygen atoms in total. The molecule has 0 aromatic carbocycles. The average Bonchev–Trinajstić information content (AvgIpc) is 3.03. The zero-order valence-electron chi connectivity index (χ0n) is 10.6. The maximum Gasteiger partial charge on any atom is 0.0684 e. The van der Waals surface area contributed by atoms with Crippen molar-refractivity contribution in [2.45, 2.75) is 45.7 Å². The summed E-state index contributed by atoms with van der Waals surface area (Å²) in [6.07, 6.45) is 3.63. The lowest BCUT2D eigenvalue weighted by Crippen LogP contribution is -2.29. The molecule has 1 aliphatic carbocycles. The maximum absolute atomic E-state index is 9.05. The van der Waals surface area contributed by atoms with E-state index in [1.165, 1.54) is 17.7 Å². The highest BCUT2D eigenvalue weighted by atomic mass is 32.1. The predicted octanol–water partition coefficient (Wildman–Crippen LogP) is 3.65. The van der Waals surface area contributed by atoms with E-state index < -0.39 is 0 Å². The van der Waals surface area contributed by atoms with Crippen molar-refractivity contribution in [2.24, 2.45) is 5.41 Å². The maximum atomic E-state index is 9.05. The van der Waals surface area contributed by atoms with Gasteiger partial charge in [0.2, 0.25) is 0 Å². The second-order valence-corrected chi connectivity index (χ2v) is 6.56. The summed E-state index contributed by atoms with van der Waals surface area (Å²) in [5, 5.41) is 11.2. The molecule has 1 aromatic heterocycles. The van der Waals surface area contributed by atoms with Gasteiger partial charge in [-0.1, -0.05) is 6.07 Å². The number of hydrogen-bond donors (Lipinski definition) is 0. The van der Waals surface area contributed by atoms with Crippen molar-refractivity contribution in [3.05, 3.63) is 22.4 Å². The van der Waals surface area contributed by atoms with Crippen molar-refractivity contribution in [3.8, 4) is 6.07 Å². The van der Waals surface area contributed by atoms with Crippen molar-refractivity contribution in [2.75, 3.05) is 6.54 Å². The predicted molar refractivity (Wildman–Crippen MR) is 71.8 cm³/mol. The molecule has 0 radical (unpaired) electrons. The smallest absolute Gasteiger partial charge is 0.0684 e. The van der Waals surface area contributed by atoms with Gasteiger partial charge in [0, 0.05) is 24.0 Å². The molecule has 1 aliphatic rings. The van der Waals surface area contributed by atoms with Gasteiger partial charge >= 0.3 is 0 Å². The molecule has 1 aromatic rings. The Bertz CT molecular complexity index is 385. The van der Waals surface area contributed by atoms with Crippen LogP contribution in [0.15, 0.2) is 17.5 Å². The van der Waals surface area contributed by atoms with Gasteiger partial charge in [-0.25, -0.2) is 0 Å². The highest BCUT2D eigenvalue weighted by molar-refractivity contribution is 7.09. The Kier molecular flexibility index (Phi) is 3.86. The van der Waals surface area contributed by atoms with Crippen molar-refractivity contribution in [1.82, 2.24) is 4.90 Å². The first-order valence-electron chi connectivity index (χ1n) is 6.28. The van der Waals surface area contributed by atoms with Crippen LogP contribution in [0.2, 0.25) is 0 Å². The van der Waals surface area contributed by atoms with Crippen molar-refractivity contribution in [1.29, 1.82) is 5.26 Å². The lowest BCUT2D eigenvalue weighted by molar-refractivity contribution is 0.227. The van der Waals surface area contributed by atoms with Gasteiger partial charge in [-0.05, 0) is 44.6 Å². The molecule has 0 spiro atoms. The quantitative estimate of drug-likeness (QED) is 0.768. The largest absolute Gasteiger partial charge is 0.295 e. The Morgan fingerprint density at radius 1 is 1.53 bits per heavy atom. The molecule has 0 atom stereocenters. The molecule has 0 aliphatic heterocycles. The van der Waals surface area contributed by atoms with Crippen LogP contribution in [0.5, 0.6) is 0 Å². The summed E-state index contributed by atoms with van der Waals surface area (Å²) in [4.78, 5) is 3.98. The number of hydrogen-bond acceptors (Lipinski definition) is 3. The summed E-state index contributed by atoms with van der Waals surface area (Å²) in [7, 11) is 0. The SMILES string of the molecule is CC(C)(C#N)CCN(Cc1cccs1)C1CC1. The van der Waals surface area contributed by atoms with E-state index in [9.17, 15) is 0 Å². The first kappa shape index (κ1) is 12.6. The number of rotatable bonds is 6. The molecule has 92 valence electrons. The van der Waals surface area contributed by atoms with Crippen LogP contribution in [0.1, 0.15) is 38.0 Å². The Balaban J connectivity index is 1.88. The second kappa shape index (κ2) is 5.20. The van der Waals surface area contributed by atoms with Crippen LogP contribution >= 0.6 is 11.3 Å². The molecule has 0 unspecified atom stereocenters. The second-order valence-electron chi connectivity index (χ2n) is 5.53. The Morgan fingerprint density at radius 2 is 2.29 bits per heavy atom. The lowest BCUT2D eigenvalue weighted by atomic mass is 9.91. The van der Waals surface area contributed by atoms with E-state index in [-0.39, 0.29) is 5.41 Å². The van der Waals surface area contributed by atoms with Crippen LogP contribution in [0.3, 0.4) is 0 Å². The summed E-state index contributed by atoms with van der Waals surface area (Å²) < 4.78 is 0. The lowest BCUT2D eigenvalue weighted by Gasteiger charge is -2.24. The molecule has 0 N–H and O–H groups in total. The van der Waals surface area contributed by atoms with Gasteiger partial charge in [-0.15, -0.1) is 11.3 Å². The van der Waals surface area contributed by atoms with Crippen LogP contribution in [0, 0.1) is 16.7 Å². The van der Waals surface area contributed by atoms with Gasteiger partial charge < -0.3 is 0 Å². The van der Waals surface area contributed by atoms with Crippen LogP contribution in [-0.2, 0) is 6.54 Å². The molecule has 1 fully saturated rings. The van der Waals surface area contributed by atoms with Gasteiger partial charge in [0.1, 0.15) is 0 Å². The number of nitrogens with zero attached hydrogens (tertiary/aromatic N) is 2. The molecule has 1 heterocycles. The summed E-state index contributed by atoms with van der Waals surface area (Å²) >= 11 is 1.83. The summed E-state index contributed by atoms with van der Waals surface area (Å²) in [5.74, 6) is 0. The third-order valence-electron chi connectivity index (χ3n) is 3.33. The van der Waals surface area contributed by atoms with Gasteiger partial charge in [0.05, 0.1) is 11.5 Å². The molecule has 0 amide bonds. The van der Waals surface area contributed by atoms with E-state index in [1.807, 2.05) is 25.2 Å². The van der Waals surface area contributed by atoms with Gasteiger partial charge in [0.25, 0.3) is 0 Å². The normalized spacial score (nSPS) is 16.1. The van der Waals surface area contributed by atoms with E-state index in [1.54, 1.807) is 0 Å². The fourth-order valence-electron chi connectivity index (χ4n) is 1.91. The zero-order valence-corrected chi connectivity index (χ0v) is 11.5. The highest BCUT2D eigenvalue weighted by Gasteiger charge is 2.30. The monoisotopic (exact) mass is 248 g/mol. The van der Waals surface area contributed by atoms with E-state index in [4.69, 9.17) is 5.26 Å². The molecule has 17 heavy (non-hydrogen) atoms. The topological polar surface area (TPSA) is 27.0 Å². The fourth-order valence-corrected chi connectivity index (χ4v) is 2.64. The van der Waals surface area contributed by atoms with Gasteiger partial charge in [-0.2, -0.15) is 5.26 Å². The number of thiophene rings is 1. The summed E-state index contributed by atoms with van der Waals surface area (Å²) in [6, 6.07) is 7.48. The third kappa shape index (κ3) is 3.83. The minimum absolute atomic E-state index is 0.192. The van der Waals surface area contributed by atoms with Crippen molar-refractivity contribution >= 4 is 11.3 Å². The molecule has 0 bridgehead atoms. The Labute approximate surface area is 108 Å². The molecular formula is C14H20N2S. The Morgan fingerprint density at radius 3 is 2.82 bits per heavy atom. The zero-order chi connectivity index (χ0) is 12.3. The van der Waals surface area contributed by atoms with Gasteiger partial charge in [-0.3, -0.25) is 4.90 Å². The van der Waals surface area contributed by atoms with E-state index in [0.717, 1.165) is 25.6 Å². The first-order valence-corrected chi connectivity index (χ1v) is 7.16. The molecule has 1 saturated carbocycles. The average molecular weight is 248 g/mol. The van der Waals surface area contributed by atoms with E-state index in [0.29, 0.717) is 0 Å².